The third kappa shape index (κ3) is 3.19. The number of nitrogens with two attached hydrogens (primary N) is 1. The molecule has 0 aromatic carbocycles. The van der Waals surface area contributed by atoms with E-state index in [4.69, 9.17) is 5.73 Å². The van der Waals surface area contributed by atoms with Crippen molar-refractivity contribution in [2.45, 2.75) is 23.9 Å². The first kappa shape index (κ1) is 15.0. The molecule has 2 aromatic rings. The molecule has 2 heterocycles. The van der Waals surface area contributed by atoms with E-state index < -0.39 is 11.9 Å². The summed E-state index contributed by atoms with van der Waals surface area (Å²) in [5.74, 6) is -1.69. The number of pyridine rings is 2. The summed E-state index contributed by atoms with van der Waals surface area (Å²) < 4.78 is 0. The Kier molecular flexibility index (Phi) is 4.23. The zero-order valence-electron chi connectivity index (χ0n) is 11.5. The number of amides is 1. The first-order chi connectivity index (χ1) is 9.90. The van der Waals surface area contributed by atoms with Crippen LogP contribution >= 0.6 is 11.8 Å². The summed E-state index contributed by atoms with van der Waals surface area (Å²) in [7, 11) is 0. The maximum atomic E-state index is 11.4. The maximum Gasteiger partial charge on any atom is 0.338 e. The topological polar surface area (TPSA) is 106 Å². The van der Waals surface area contributed by atoms with E-state index >= 15 is 0 Å². The van der Waals surface area contributed by atoms with Crippen LogP contribution in [0.25, 0.3) is 0 Å². The molecule has 6 nitrogen and oxygen atoms in total. The molecule has 108 valence electrons. The Bertz CT molecular complexity index is 731. The van der Waals surface area contributed by atoms with E-state index in [0.717, 1.165) is 11.8 Å². The van der Waals surface area contributed by atoms with Gasteiger partial charge in [-0.15, -0.1) is 0 Å². The Hall–Kier alpha value is -2.41. The van der Waals surface area contributed by atoms with Gasteiger partial charge in [-0.05, 0) is 49.4 Å². The highest BCUT2D eigenvalue weighted by Crippen LogP contribution is 2.31. The number of aryl methyl sites for hydroxylation is 2. The van der Waals surface area contributed by atoms with Crippen LogP contribution < -0.4 is 5.73 Å². The van der Waals surface area contributed by atoms with Crippen molar-refractivity contribution in [3.63, 3.8) is 0 Å². The van der Waals surface area contributed by atoms with Gasteiger partial charge in [0.15, 0.2) is 0 Å². The predicted octanol–water partition coefficient (Wildman–Crippen LogP) is 2.04. The Labute approximate surface area is 125 Å². The van der Waals surface area contributed by atoms with Crippen LogP contribution in [0, 0.1) is 13.8 Å². The lowest BCUT2D eigenvalue weighted by Crippen LogP contribution is -2.13. The lowest BCUT2D eigenvalue weighted by molar-refractivity contribution is 0.0691. The SMILES string of the molecule is Cc1cc(C)c(C(=O)O)c(Sc2ncccc2C(N)=O)n1. The Morgan fingerprint density at radius 2 is 2.00 bits per heavy atom. The molecule has 0 aliphatic rings. The minimum absolute atomic E-state index is 0.103. The number of hydrogen-bond donors (Lipinski definition) is 2. The summed E-state index contributed by atoms with van der Waals surface area (Å²) in [6.07, 6.45) is 1.51. The van der Waals surface area contributed by atoms with Gasteiger partial charge < -0.3 is 10.8 Å². The molecule has 0 bridgehead atoms. The number of carboxylic acid groups (broad SMARTS) is 1. The van der Waals surface area contributed by atoms with E-state index in [2.05, 4.69) is 9.97 Å². The van der Waals surface area contributed by atoms with Crippen molar-refractivity contribution < 1.29 is 14.7 Å². The van der Waals surface area contributed by atoms with Crippen molar-refractivity contribution in [1.29, 1.82) is 0 Å². The third-order valence-electron chi connectivity index (χ3n) is 2.76. The monoisotopic (exact) mass is 303 g/mol. The fourth-order valence-corrected chi connectivity index (χ4v) is 3.00. The van der Waals surface area contributed by atoms with Crippen LogP contribution in [-0.4, -0.2) is 27.0 Å². The number of rotatable bonds is 4. The molecule has 0 spiro atoms. The van der Waals surface area contributed by atoms with Gasteiger partial charge in [0.05, 0.1) is 11.1 Å². The van der Waals surface area contributed by atoms with E-state index in [-0.39, 0.29) is 11.1 Å². The molecule has 21 heavy (non-hydrogen) atoms. The Morgan fingerprint density at radius 1 is 1.29 bits per heavy atom. The molecule has 0 saturated heterocycles. The van der Waals surface area contributed by atoms with Crippen LogP contribution in [0.15, 0.2) is 34.4 Å². The number of aromatic carboxylic acids is 1. The van der Waals surface area contributed by atoms with E-state index in [1.807, 2.05) is 0 Å². The summed E-state index contributed by atoms with van der Waals surface area (Å²) in [6, 6.07) is 4.83. The minimum atomic E-state index is -1.07. The smallest absolute Gasteiger partial charge is 0.338 e. The molecule has 7 heteroatoms. The Morgan fingerprint density at radius 3 is 2.62 bits per heavy atom. The van der Waals surface area contributed by atoms with Gasteiger partial charge >= 0.3 is 5.97 Å². The zero-order chi connectivity index (χ0) is 15.6. The van der Waals surface area contributed by atoms with Crippen molar-refractivity contribution in [3.05, 3.63) is 46.8 Å². The highest BCUT2D eigenvalue weighted by Gasteiger charge is 2.19. The van der Waals surface area contributed by atoms with Crippen molar-refractivity contribution in [2.75, 3.05) is 0 Å². The average molecular weight is 303 g/mol. The number of aromatic nitrogens is 2. The average Bonchev–Trinajstić information content (AvgIpc) is 2.37. The molecule has 0 fully saturated rings. The molecule has 0 aliphatic carbocycles. The van der Waals surface area contributed by atoms with Gasteiger partial charge in [-0.1, -0.05) is 0 Å². The standard InChI is InChI=1S/C14H13N3O3S/c1-7-6-8(2)17-13(10(7)14(19)20)21-12-9(11(15)18)4-3-5-16-12/h3-6H,1-2H3,(H2,15,18)(H,19,20). The largest absolute Gasteiger partial charge is 0.478 e. The van der Waals surface area contributed by atoms with E-state index in [1.54, 1.807) is 32.0 Å². The van der Waals surface area contributed by atoms with Crippen LogP contribution in [0.1, 0.15) is 32.0 Å². The fraction of sp³-hybridized carbons (Fsp3) is 0.143. The van der Waals surface area contributed by atoms with Gasteiger partial charge in [-0.2, -0.15) is 0 Å². The van der Waals surface area contributed by atoms with Crippen molar-refractivity contribution in [1.82, 2.24) is 9.97 Å². The second kappa shape index (κ2) is 5.92. The molecule has 0 aliphatic heterocycles. The molecule has 0 unspecified atom stereocenters. The lowest BCUT2D eigenvalue weighted by atomic mass is 10.1. The molecule has 0 atom stereocenters. The van der Waals surface area contributed by atoms with Crippen LogP contribution in [0.4, 0.5) is 0 Å². The molecule has 3 N–H and O–H groups in total. The summed E-state index contributed by atoms with van der Waals surface area (Å²) in [4.78, 5) is 31.1. The summed E-state index contributed by atoms with van der Waals surface area (Å²) in [5, 5.41) is 9.96. The second-order valence-electron chi connectivity index (χ2n) is 4.39. The summed E-state index contributed by atoms with van der Waals surface area (Å²) >= 11 is 1.02. The highest BCUT2D eigenvalue weighted by molar-refractivity contribution is 7.99. The van der Waals surface area contributed by atoms with Gasteiger partial charge in [0.1, 0.15) is 10.1 Å². The van der Waals surface area contributed by atoms with Crippen molar-refractivity contribution in [3.8, 4) is 0 Å². The third-order valence-corrected chi connectivity index (χ3v) is 3.76. The highest BCUT2D eigenvalue weighted by atomic mass is 32.2. The van der Waals surface area contributed by atoms with Gasteiger partial charge in [0, 0.05) is 11.9 Å². The lowest BCUT2D eigenvalue weighted by Gasteiger charge is -2.10. The maximum absolute atomic E-state index is 11.4. The fourth-order valence-electron chi connectivity index (χ4n) is 1.89. The number of carbonyl (C=O) groups excluding carboxylic acids is 1. The predicted molar refractivity (Wildman–Crippen MR) is 77.5 cm³/mol. The van der Waals surface area contributed by atoms with E-state index in [9.17, 15) is 14.7 Å². The van der Waals surface area contributed by atoms with E-state index in [1.165, 1.54) is 6.20 Å². The molecule has 2 aromatic heterocycles. The molecule has 0 radical (unpaired) electrons. The van der Waals surface area contributed by atoms with E-state index in [0.29, 0.717) is 21.3 Å². The van der Waals surface area contributed by atoms with Crippen LogP contribution in [0.2, 0.25) is 0 Å². The number of carboxylic acids is 1. The van der Waals surface area contributed by atoms with Crippen LogP contribution in [0.3, 0.4) is 0 Å². The summed E-state index contributed by atoms with van der Waals surface area (Å²) in [5.41, 5.74) is 6.93. The normalized spacial score (nSPS) is 10.4. The van der Waals surface area contributed by atoms with Crippen LogP contribution in [-0.2, 0) is 0 Å². The van der Waals surface area contributed by atoms with Crippen molar-refractivity contribution in [2.24, 2.45) is 5.73 Å². The zero-order valence-corrected chi connectivity index (χ0v) is 12.3. The van der Waals surface area contributed by atoms with Crippen molar-refractivity contribution >= 4 is 23.6 Å². The minimum Gasteiger partial charge on any atom is -0.478 e. The molecule has 2 rings (SSSR count). The van der Waals surface area contributed by atoms with Gasteiger partial charge in [0.2, 0.25) is 0 Å². The first-order valence-corrected chi connectivity index (χ1v) is 6.86. The molecular weight excluding hydrogens is 290 g/mol. The van der Waals surface area contributed by atoms with Crippen LogP contribution in [0.5, 0.6) is 0 Å². The first-order valence-electron chi connectivity index (χ1n) is 6.04. The van der Waals surface area contributed by atoms with Gasteiger partial charge in [-0.25, -0.2) is 14.8 Å². The quantitative estimate of drug-likeness (QED) is 0.895. The number of carbonyl (C=O) groups is 2. The number of hydrogen-bond acceptors (Lipinski definition) is 5. The molecule has 0 saturated carbocycles. The second-order valence-corrected chi connectivity index (χ2v) is 5.37. The number of primary amides is 1. The molecule has 1 amide bonds. The number of nitrogens with zero attached hydrogens (tertiary/aromatic N) is 2. The van der Waals surface area contributed by atoms with Gasteiger partial charge in [0.25, 0.3) is 5.91 Å². The van der Waals surface area contributed by atoms with Gasteiger partial charge in [-0.3, -0.25) is 4.79 Å². The molecular formula is C14H13N3O3S. The Balaban J connectivity index is 2.54. The summed E-state index contributed by atoms with van der Waals surface area (Å²) in [6.45, 7) is 3.48.